The van der Waals surface area contributed by atoms with E-state index in [1.165, 1.54) is 16.0 Å². The minimum Gasteiger partial charge on any atom is -0.392 e. The van der Waals surface area contributed by atoms with Gasteiger partial charge in [-0.25, -0.2) is 0 Å². The summed E-state index contributed by atoms with van der Waals surface area (Å²) in [5, 5.41) is 14.9. The fraction of sp³-hybridized carbons (Fsp3) is 0.111. The van der Waals surface area contributed by atoms with Gasteiger partial charge in [-0.2, -0.15) is 0 Å². The van der Waals surface area contributed by atoms with E-state index in [0.717, 1.165) is 17.8 Å². The van der Waals surface area contributed by atoms with Crippen molar-refractivity contribution in [2.75, 3.05) is 5.32 Å². The Labute approximate surface area is 128 Å². The van der Waals surface area contributed by atoms with Gasteiger partial charge in [0, 0.05) is 22.7 Å². The van der Waals surface area contributed by atoms with Gasteiger partial charge < -0.3 is 10.4 Å². The highest BCUT2D eigenvalue weighted by molar-refractivity contribution is 7.10. The van der Waals surface area contributed by atoms with E-state index in [1.54, 1.807) is 11.3 Å². The molecule has 1 aromatic heterocycles. The van der Waals surface area contributed by atoms with Gasteiger partial charge in [-0.15, -0.1) is 11.3 Å². The monoisotopic (exact) mass is 295 g/mol. The van der Waals surface area contributed by atoms with Gasteiger partial charge in [0.1, 0.15) is 0 Å². The first-order valence-corrected chi connectivity index (χ1v) is 7.80. The van der Waals surface area contributed by atoms with Gasteiger partial charge in [-0.3, -0.25) is 0 Å². The first-order valence-electron chi connectivity index (χ1n) is 6.92. The number of nitrogens with one attached hydrogen (secondary N) is 1. The number of anilines is 1. The minimum absolute atomic E-state index is 0.0584. The molecule has 1 heterocycles. The lowest BCUT2D eigenvalue weighted by molar-refractivity contribution is 0.282. The van der Waals surface area contributed by atoms with Crippen LogP contribution in [0.2, 0.25) is 0 Å². The molecule has 0 aliphatic rings. The van der Waals surface area contributed by atoms with Crippen molar-refractivity contribution in [3.63, 3.8) is 0 Å². The molecule has 0 spiro atoms. The summed E-state index contributed by atoms with van der Waals surface area (Å²) in [6.07, 6.45) is 0. The van der Waals surface area contributed by atoms with Gasteiger partial charge in [0.2, 0.25) is 0 Å². The number of rotatable bonds is 5. The first kappa shape index (κ1) is 13.9. The van der Waals surface area contributed by atoms with E-state index < -0.39 is 0 Å². The van der Waals surface area contributed by atoms with Gasteiger partial charge in [-0.1, -0.05) is 48.5 Å². The second-order valence-electron chi connectivity index (χ2n) is 4.84. The van der Waals surface area contributed by atoms with Gasteiger partial charge in [0.15, 0.2) is 0 Å². The number of thiophene rings is 1. The summed E-state index contributed by atoms with van der Waals surface area (Å²) < 4.78 is 0. The van der Waals surface area contributed by atoms with Gasteiger partial charge in [0.25, 0.3) is 0 Å². The average Bonchev–Trinajstić information content (AvgIpc) is 3.03. The smallest absolute Gasteiger partial charge is 0.0701 e. The lowest BCUT2D eigenvalue weighted by Gasteiger charge is -2.09. The summed E-state index contributed by atoms with van der Waals surface area (Å²) in [7, 11) is 0. The maximum Gasteiger partial charge on any atom is 0.0701 e. The number of para-hydroxylation sites is 1. The standard InChI is InChI=1S/C18H17NOS/c20-12-15-8-4-5-9-18(15)19-11-17-10-16(13-21-17)14-6-2-1-3-7-14/h1-10,13,19-20H,11-12H2. The summed E-state index contributed by atoms with van der Waals surface area (Å²) in [6.45, 7) is 0.831. The Morgan fingerprint density at radius 2 is 1.67 bits per heavy atom. The number of aliphatic hydroxyl groups excluding tert-OH is 1. The van der Waals surface area contributed by atoms with Crippen molar-refractivity contribution < 1.29 is 5.11 Å². The summed E-state index contributed by atoms with van der Waals surface area (Å²) in [5.41, 5.74) is 4.43. The molecule has 21 heavy (non-hydrogen) atoms. The van der Waals surface area contributed by atoms with Crippen molar-refractivity contribution in [2.45, 2.75) is 13.2 Å². The third-order valence-electron chi connectivity index (χ3n) is 3.40. The first-order chi connectivity index (χ1) is 10.4. The fourth-order valence-electron chi connectivity index (χ4n) is 2.27. The maximum absolute atomic E-state index is 9.33. The van der Waals surface area contributed by atoms with Crippen molar-refractivity contribution in [1.82, 2.24) is 0 Å². The van der Waals surface area contributed by atoms with E-state index in [-0.39, 0.29) is 6.61 Å². The topological polar surface area (TPSA) is 32.3 Å². The zero-order chi connectivity index (χ0) is 14.5. The highest BCUT2D eigenvalue weighted by atomic mass is 32.1. The molecule has 0 radical (unpaired) electrons. The molecule has 0 bridgehead atoms. The number of benzene rings is 2. The van der Waals surface area contributed by atoms with E-state index in [9.17, 15) is 5.11 Å². The molecule has 0 amide bonds. The summed E-state index contributed by atoms with van der Waals surface area (Å²) >= 11 is 1.75. The SMILES string of the molecule is OCc1ccccc1NCc1cc(-c2ccccc2)cs1. The molecule has 2 N–H and O–H groups in total. The van der Waals surface area contributed by atoms with Crippen molar-refractivity contribution >= 4 is 17.0 Å². The van der Waals surface area contributed by atoms with Crippen LogP contribution in [0.5, 0.6) is 0 Å². The third kappa shape index (κ3) is 3.32. The Morgan fingerprint density at radius 3 is 2.48 bits per heavy atom. The molecule has 2 nitrogen and oxygen atoms in total. The quantitative estimate of drug-likeness (QED) is 0.725. The van der Waals surface area contributed by atoms with Crippen LogP contribution in [0.25, 0.3) is 11.1 Å². The lowest BCUT2D eigenvalue weighted by Crippen LogP contribution is -2.00. The Morgan fingerprint density at radius 1 is 0.905 bits per heavy atom. The van der Waals surface area contributed by atoms with E-state index in [4.69, 9.17) is 0 Å². The molecule has 0 aliphatic heterocycles. The largest absolute Gasteiger partial charge is 0.392 e. The molecule has 106 valence electrons. The van der Waals surface area contributed by atoms with E-state index >= 15 is 0 Å². The van der Waals surface area contributed by atoms with Crippen LogP contribution in [0.1, 0.15) is 10.4 Å². The Kier molecular flexibility index (Phi) is 4.34. The Hall–Kier alpha value is -2.10. The highest BCUT2D eigenvalue weighted by Crippen LogP contribution is 2.26. The average molecular weight is 295 g/mol. The minimum atomic E-state index is 0.0584. The molecule has 0 unspecified atom stereocenters. The Bertz CT molecular complexity index is 706. The van der Waals surface area contributed by atoms with Crippen molar-refractivity contribution in [2.24, 2.45) is 0 Å². The predicted octanol–water partition coefficient (Wildman–Crippen LogP) is 4.52. The zero-order valence-corrected chi connectivity index (χ0v) is 12.4. The molecule has 0 atom stereocenters. The zero-order valence-electron chi connectivity index (χ0n) is 11.6. The molecule has 0 fully saturated rings. The number of hydrogen-bond acceptors (Lipinski definition) is 3. The maximum atomic E-state index is 9.33. The van der Waals surface area contributed by atoms with Crippen molar-refractivity contribution in [1.29, 1.82) is 0 Å². The molecule has 0 saturated carbocycles. The van der Waals surface area contributed by atoms with Gasteiger partial charge in [-0.05, 0) is 28.6 Å². The van der Waals surface area contributed by atoms with E-state index in [0.29, 0.717) is 0 Å². The van der Waals surface area contributed by atoms with E-state index in [1.807, 2.05) is 30.3 Å². The predicted molar refractivity (Wildman–Crippen MR) is 89.4 cm³/mol. The van der Waals surface area contributed by atoms with Crippen LogP contribution in [0.15, 0.2) is 66.0 Å². The molecule has 3 heteroatoms. The van der Waals surface area contributed by atoms with Crippen LogP contribution in [0.3, 0.4) is 0 Å². The van der Waals surface area contributed by atoms with Crippen LogP contribution < -0.4 is 5.32 Å². The normalized spacial score (nSPS) is 10.5. The van der Waals surface area contributed by atoms with E-state index in [2.05, 4.69) is 41.0 Å². The second kappa shape index (κ2) is 6.57. The summed E-state index contributed by atoms with van der Waals surface area (Å²) in [5.74, 6) is 0. The molecule has 3 rings (SSSR count). The molecule has 2 aromatic carbocycles. The van der Waals surface area contributed by atoms with Crippen molar-refractivity contribution in [3.8, 4) is 11.1 Å². The Balaban J connectivity index is 1.71. The number of hydrogen-bond donors (Lipinski definition) is 2. The van der Waals surface area contributed by atoms with Crippen LogP contribution in [-0.2, 0) is 13.2 Å². The molecule has 0 saturated heterocycles. The third-order valence-corrected chi connectivity index (χ3v) is 4.34. The van der Waals surface area contributed by atoms with Crippen molar-refractivity contribution in [3.05, 3.63) is 76.5 Å². The molecule has 0 aliphatic carbocycles. The van der Waals surface area contributed by atoms with Crippen LogP contribution in [0, 0.1) is 0 Å². The van der Waals surface area contributed by atoms with Gasteiger partial charge >= 0.3 is 0 Å². The molecular weight excluding hydrogens is 278 g/mol. The summed E-state index contributed by atoms with van der Waals surface area (Å²) in [6, 6.07) is 20.5. The summed E-state index contributed by atoms with van der Waals surface area (Å²) in [4.78, 5) is 1.28. The number of aliphatic hydroxyl groups is 1. The van der Waals surface area contributed by atoms with Crippen LogP contribution in [-0.4, -0.2) is 5.11 Å². The molecule has 3 aromatic rings. The van der Waals surface area contributed by atoms with Crippen LogP contribution in [0.4, 0.5) is 5.69 Å². The fourth-order valence-corrected chi connectivity index (χ4v) is 3.10. The second-order valence-corrected chi connectivity index (χ2v) is 5.83. The highest BCUT2D eigenvalue weighted by Gasteiger charge is 2.04. The lowest BCUT2D eigenvalue weighted by atomic mass is 10.1. The molecular formula is C18H17NOS. The van der Waals surface area contributed by atoms with Crippen LogP contribution >= 0.6 is 11.3 Å². The van der Waals surface area contributed by atoms with Gasteiger partial charge in [0.05, 0.1) is 6.61 Å².